The molecule has 0 bridgehead atoms. The number of carbonyl (C=O) groups is 13. The van der Waals surface area contributed by atoms with Crippen molar-refractivity contribution in [3.8, 4) is 0 Å². The van der Waals surface area contributed by atoms with Gasteiger partial charge in [0.1, 0.15) is 54.4 Å². The fraction of sp³-hybridized carbons (Fsp3) is 0.556. The number of aromatic amines is 1. The predicted molar refractivity (Wildman–Crippen MR) is 219 cm³/mol. The molecular formula is C36H55N13O17. The summed E-state index contributed by atoms with van der Waals surface area (Å²) >= 11 is 0. The van der Waals surface area contributed by atoms with Crippen molar-refractivity contribution in [3.63, 3.8) is 0 Å². The number of primary amides is 1. The number of aliphatic carboxylic acids is 3. The molecule has 0 aliphatic carbocycles. The summed E-state index contributed by atoms with van der Waals surface area (Å²) < 4.78 is 0. The van der Waals surface area contributed by atoms with E-state index < -0.39 is 177 Å². The summed E-state index contributed by atoms with van der Waals surface area (Å²) in [6.07, 6.45) is -1.36. The quantitative estimate of drug-likeness (QED) is 0.0355. The molecule has 0 fully saturated rings. The minimum atomic E-state index is -1.94. The first-order valence-electron chi connectivity index (χ1n) is 19.7. The number of hydrogen-bond acceptors (Lipinski definition) is 16. The molecule has 9 atom stereocenters. The normalized spacial score (nSPS) is 14.8. The highest BCUT2D eigenvalue weighted by atomic mass is 16.4. The minimum absolute atomic E-state index is 0.190. The monoisotopic (exact) mass is 941 g/mol. The lowest BCUT2D eigenvalue weighted by Crippen LogP contribution is -2.61. The average Bonchev–Trinajstić information content (AvgIpc) is 3.75. The van der Waals surface area contributed by atoms with E-state index in [0.717, 1.165) is 13.8 Å². The number of amides is 10. The van der Waals surface area contributed by atoms with E-state index in [0.29, 0.717) is 0 Å². The summed E-state index contributed by atoms with van der Waals surface area (Å²) in [5, 5.41) is 57.1. The van der Waals surface area contributed by atoms with Crippen molar-refractivity contribution in [2.24, 2.45) is 11.5 Å². The molecule has 1 rings (SSSR count). The lowest BCUT2D eigenvalue weighted by Gasteiger charge is -2.26. The first kappa shape index (κ1) is 56.3. The Morgan fingerprint density at radius 2 is 0.985 bits per heavy atom. The predicted octanol–water partition coefficient (Wildman–Crippen LogP) is -8.35. The van der Waals surface area contributed by atoms with Crippen LogP contribution in [0.2, 0.25) is 0 Å². The molecule has 1 aromatic rings. The van der Waals surface area contributed by atoms with Gasteiger partial charge in [-0.2, -0.15) is 0 Å². The number of H-pyrrole nitrogens is 1. The Morgan fingerprint density at radius 1 is 0.561 bits per heavy atom. The summed E-state index contributed by atoms with van der Waals surface area (Å²) in [5.41, 5.74) is 10.7. The Bertz CT molecular complexity index is 1960. The number of carboxylic acid groups (broad SMARTS) is 3. The molecule has 0 aromatic carbocycles. The lowest BCUT2D eigenvalue weighted by atomic mass is 10.1. The van der Waals surface area contributed by atoms with Gasteiger partial charge in [0.2, 0.25) is 59.1 Å². The van der Waals surface area contributed by atoms with Gasteiger partial charge < -0.3 is 84.7 Å². The van der Waals surface area contributed by atoms with Crippen LogP contribution < -0.4 is 59.3 Å². The van der Waals surface area contributed by atoms with E-state index in [1.165, 1.54) is 26.4 Å². The summed E-state index contributed by atoms with van der Waals surface area (Å²) in [6, 6.07) is -14.5. The zero-order valence-electron chi connectivity index (χ0n) is 36.0. The van der Waals surface area contributed by atoms with Crippen LogP contribution in [0.3, 0.4) is 0 Å². The van der Waals surface area contributed by atoms with Crippen LogP contribution in [0.25, 0.3) is 0 Å². The fourth-order valence-corrected chi connectivity index (χ4v) is 5.29. The minimum Gasteiger partial charge on any atom is -0.481 e. The van der Waals surface area contributed by atoms with Crippen LogP contribution in [-0.4, -0.2) is 175 Å². The van der Waals surface area contributed by atoms with E-state index >= 15 is 0 Å². The SMILES string of the molecule is C[C@H](NC(=O)[C@H](C)NC(=O)[C@H](CO)NC(=O)[C@H](C)NC(=O)[C@H](CCC(=O)O)NC(=O)[C@H](Cc1cnc[nH]1)NC(=O)[C@H](CC(N)=O)NC(=O)[C@H](CC(=O)O)NC(=O)[C@H](C)NC(=O)CN)C(=O)O. The Morgan fingerprint density at radius 3 is 1.45 bits per heavy atom. The molecular weight excluding hydrogens is 886 g/mol. The van der Waals surface area contributed by atoms with E-state index in [2.05, 4.69) is 57.8 Å². The fourth-order valence-electron chi connectivity index (χ4n) is 5.29. The molecule has 0 spiro atoms. The molecule has 366 valence electrons. The van der Waals surface area contributed by atoms with E-state index in [1.54, 1.807) is 0 Å². The summed E-state index contributed by atoms with van der Waals surface area (Å²) in [6.45, 7) is 3.14. The maximum atomic E-state index is 13.8. The van der Waals surface area contributed by atoms with E-state index in [9.17, 15) is 77.6 Å². The third-order valence-electron chi connectivity index (χ3n) is 8.95. The molecule has 30 nitrogen and oxygen atoms in total. The van der Waals surface area contributed by atoms with Crippen LogP contribution in [-0.2, 0) is 68.7 Å². The molecule has 10 amide bonds. The molecule has 30 heteroatoms. The number of aromatic nitrogens is 2. The standard InChI is InChI=1S/C36H55N13O17/c1-14(41-25(52)10-37)29(58)46-22(9-27(55)56)34(63)48-21(8-24(38)51)33(62)47-20(7-18-11-39-13-40-18)32(61)45-19(5-6-26(53)54)31(60)42-16(3)30(59)49-23(12-50)35(64)43-15(2)28(57)44-17(4)36(65)66/h11,13-17,19-23,50H,5-10,12,37H2,1-4H3,(H2,38,51)(H,39,40)(H,41,52)(H,42,60)(H,43,64)(H,44,57)(H,45,61)(H,46,58)(H,47,62)(H,48,63)(H,49,59)(H,53,54)(H,55,56)(H,65,66)/t14-,15-,16-,17-,19-,20-,21-,22-,23-/m0/s1. The van der Waals surface area contributed by atoms with Gasteiger partial charge in [-0.25, -0.2) is 4.98 Å². The molecule has 0 aliphatic heterocycles. The first-order chi connectivity index (χ1) is 30.8. The highest BCUT2D eigenvalue weighted by molar-refractivity contribution is 6.00. The number of aliphatic hydroxyl groups is 1. The van der Waals surface area contributed by atoms with Gasteiger partial charge in [-0.1, -0.05) is 0 Å². The van der Waals surface area contributed by atoms with Gasteiger partial charge in [-0.3, -0.25) is 62.3 Å². The number of nitrogens with two attached hydrogens (primary N) is 2. The lowest BCUT2D eigenvalue weighted by molar-refractivity contribution is -0.142. The Kier molecular flexibility index (Phi) is 23.4. The number of nitrogens with one attached hydrogen (secondary N) is 10. The highest BCUT2D eigenvalue weighted by Gasteiger charge is 2.35. The van der Waals surface area contributed by atoms with E-state index in [4.69, 9.17) is 16.6 Å². The molecule has 0 radical (unpaired) electrons. The van der Waals surface area contributed by atoms with Gasteiger partial charge in [-0.15, -0.1) is 0 Å². The van der Waals surface area contributed by atoms with Gasteiger partial charge in [0.05, 0.1) is 32.3 Å². The van der Waals surface area contributed by atoms with Crippen LogP contribution in [0.5, 0.6) is 0 Å². The highest BCUT2D eigenvalue weighted by Crippen LogP contribution is 2.07. The first-order valence-corrected chi connectivity index (χ1v) is 19.7. The molecule has 1 aromatic heterocycles. The Hall–Kier alpha value is -7.76. The van der Waals surface area contributed by atoms with Crippen molar-refractivity contribution >= 4 is 77.0 Å². The van der Waals surface area contributed by atoms with Crippen molar-refractivity contribution in [2.75, 3.05) is 13.2 Å². The van der Waals surface area contributed by atoms with Crippen molar-refractivity contribution < 1.29 is 82.8 Å². The molecule has 0 unspecified atom stereocenters. The summed E-state index contributed by atoms with van der Waals surface area (Å²) in [5.74, 6) is -15.4. The summed E-state index contributed by atoms with van der Waals surface area (Å²) in [7, 11) is 0. The Balaban J connectivity index is 3.31. The van der Waals surface area contributed by atoms with Crippen molar-refractivity contribution in [2.45, 2.75) is 114 Å². The zero-order chi connectivity index (χ0) is 50.4. The number of carboxylic acids is 3. The largest absolute Gasteiger partial charge is 0.481 e. The van der Waals surface area contributed by atoms with Gasteiger partial charge in [0.25, 0.3) is 0 Å². The number of aliphatic hydroxyl groups excluding tert-OH is 1. The van der Waals surface area contributed by atoms with Crippen LogP contribution in [0.15, 0.2) is 12.5 Å². The maximum absolute atomic E-state index is 13.8. The second kappa shape index (κ2) is 27.4. The maximum Gasteiger partial charge on any atom is 0.325 e. The van der Waals surface area contributed by atoms with E-state index in [-0.39, 0.29) is 5.69 Å². The van der Waals surface area contributed by atoms with Crippen LogP contribution in [0.1, 0.15) is 59.1 Å². The zero-order valence-corrected chi connectivity index (χ0v) is 36.0. The van der Waals surface area contributed by atoms with Crippen molar-refractivity contribution in [1.82, 2.24) is 57.8 Å². The number of imidazole rings is 1. The van der Waals surface area contributed by atoms with Gasteiger partial charge in [-0.05, 0) is 34.1 Å². The van der Waals surface area contributed by atoms with Gasteiger partial charge in [0.15, 0.2) is 0 Å². The van der Waals surface area contributed by atoms with Gasteiger partial charge >= 0.3 is 17.9 Å². The van der Waals surface area contributed by atoms with Crippen LogP contribution in [0, 0.1) is 0 Å². The number of rotatable bonds is 29. The van der Waals surface area contributed by atoms with Crippen molar-refractivity contribution in [3.05, 3.63) is 18.2 Å². The van der Waals surface area contributed by atoms with Crippen molar-refractivity contribution in [1.29, 1.82) is 0 Å². The summed E-state index contributed by atoms with van der Waals surface area (Å²) in [4.78, 5) is 169. The average molecular weight is 942 g/mol. The third kappa shape index (κ3) is 20.2. The number of carbonyl (C=O) groups excluding carboxylic acids is 10. The molecule has 18 N–H and O–H groups in total. The number of nitrogens with zero attached hydrogens (tertiary/aromatic N) is 1. The Labute approximate surface area is 374 Å². The van der Waals surface area contributed by atoms with Gasteiger partial charge in [0, 0.05) is 24.7 Å². The molecule has 1 heterocycles. The molecule has 0 saturated heterocycles. The van der Waals surface area contributed by atoms with Crippen LogP contribution >= 0.6 is 0 Å². The van der Waals surface area contributed by atoms with Crippen LogP contribution in [0.4, 0.5) is 0 Å². The smallest absolute Gasteiger partial charge is 0.325 e. The molecule has 66 heavy (non-hydrogen) atoms. The third-order valence-corrected chi connectivity index (χ3v) is 8.95. The molecule has 0 saturated carbocycles. The topological polar surface area (TPSA) is 492 Å². The number of hydrogen-bond donors (Lipinski definition) is 16. The second-order valence-corrected chi connectivity index (χ2v) is 14.5. The molecule has 0 aliphatic rings. The second-order valence-electron chi connectivity index (χ2n) is 14.5. The van der Waals surface area contributed by atoms with E-state index in [1.807, 2.05) is 0 Å².